The normalized spacial score (nSPS) is 9.90. The number of alkyl halides is 1. The van der Waals surface area contributed by atoms with Gasteiger partial charge in [-0.1, -0.05) is 24.0 Å². The average Bonchev–Trinajstić information content (AvgIpc) is 2.86. The number of rotatable bonds is 5. The molecule has 3 nitrogen and oxygen atoms in total. The van der Waals surface area contributed by atoms with Crippen LogP contribution in [0.2, 0.25) is 0 Å². The Bertz CT molecular complexity index is 610. The number of para-hydroxylation sites is 1. The van der Waals surface area contributed by atoms with Crippen LogP contribution < -0.4 is 4.74 Å². The summed E-state index contributed by atoms with van der Waals surface area (Å²) in [6.07, 6.45) is 5.37. The third-order valence-corrected chi connectivity index (χ3v) is 2.93. The second-order valence-corrected chi connectivity index (χ2v) is 4.74. The predicted octanol–water partition coefficient (Wildman–Crippen LogP) is 3.02. The fourth-order valence-corrected chi connectivity index (χ4v) is 1.88. The highest BCUT2D eigenvalue weighted by molar-refractivity contribution is 6.18. The van der Waals surface area contributed by atoms with Crippen molar-refractivity contribution < 1.29 is 4.74 Å². The molecule has 0 saturated carbocycles. The van der Waals surface area contributed by atoms with Gasteiger partial charge in [0.05, 0.1) is 18.4 Å². The molecule has 0 unspecified atom stereocenters. The van der Waals surface area contributed by atoms with Crippen LogP contribution in [0.5, 0.6) is 5.75 Å². The van der Waals surface area contributed by atoms with Crippen molar-refractivity contribution in [3.8, 4) is 17.6 Å². The van der Waals surface area contributed by atoms with E-state index in [1.807, 2.05) is 43.7 Å². The quantitative estimate of drug-likeness (QED) is 0.625. The van der Waals surface area contributed by atoms with E-state index in [1.165, 1.54) is 5.56 Å². The summed E-state index contributed by atoms with van der Waals surface area (Å²) in [6.45, 7) is 0.611. The van der Waals surface area contributed by atoms with Gasteiger partial charge >= 0.3 is 0 Å². The molecule has 4 heteroatoms. The van der Waals surface area contributed by atoms with Gasteiger partial charge in [-0.25, -0.2) is 0 Å². The largest absolute Gasteiger partial charge is 0.492 e. The topological polar surface area (TPSA) is 27.1 Å². The highest BCUT2D eigenvalue weighted by atomic mass is 35.5. The standard InChI is InChI=1S/C16H17ClN2O/c1-19-13-14(12-18-19)9-11-20-16-8-3-2-6-15(16)7-4-5-10-17/h2-3,6,8,12-13H,5,9-11H2,1H3. The summed E-state index contributed by atoms with van der Waals surface area (Å²) in [6, 6.07) is 7.80. The Morgan fingerprint density at radius 2 is 2.20 bits per heavy atom. The Labute approximate surface area is 124 Å². The van der Waals surface area contributed by atoms with Gasteiger partial charge in [0.2, 0.25) is 0 Å². The molecule has 0 N–H and O–H groups in total. The maximum atomic E-state index is 5.81. The van der Waals surface area contributed by atoms with E-state index >= 15 is 0 Å². The number of ether oxygens (including phenoxy) is 1. The molecule has 2 rings (SSSR count). The molecule has 0 aliphatic heterocycles. The van der Waals surface area contributed by atoms with Crippen LogP contribution >= 0.6 is 11.6 Å². The molecule has 104 valence electrons. The first-order valence-electron chi connectivity index (χ1n) is 6.54. The molecule has 1 aromatic heterocycles. The van der Waals surface area contributed by atoms with E-state index in [-0.39, 0.29) is 0 Å². The monoisotopic (exact) mass is 288 g/mol. The fourth-order valence-electron chi connectivity index (χ4n) is 1.78. The van der Waals surface area contributed by atoms with Crippen LogP contribution in [0.15, 0.2) is 36.7 Å². The fraction of sp³-hybridized carbons (Fsp3) is 0.312. The van der Waals surface area contributed by atoms with Gasteiger partial charge in [-0.15, -0.1) is 11.6 Å². The first-order valence-corrected chi connectivity index (χ1v) is 7.07. The molecular weight excluding hydrogens is 272 g/mol. The van der Waals surface area contributed by atoms with Crippen LogP contribution in [-0.2, 0) is 13.5 Å². The van der Waals surface area contributed by atoms with Crippen LogP contribution in [0.1, 0.15) is 17.5 Å². The Morgan fingerprint density at radius 1 is 1.35 bits per heavy atom. The Morgan fingerprint density at radius 3 is 2.95 bits per heavy atom. The van der Waals surface area contributed by atoms with Crippen molar-refractivity contribution in [2.75, 3.05) is 12.5 Å². The molecule has 0 fully saturated rings. The minimum absolute atomic E-state index is 0.553. The first kappa shape index (κ1) is 14.5. The lowest BCUT2D eigenvalue weighted by molar-refractivity contribution is 0.321. The molecule has 0 bridgehead atoms. The lowest BCUT2D eigenvalue weighted by atomic mass is 10.2. The highest BCUT2D eigenvalue weighted by Crippen LogP contribution is 2.17. The minimum Gasteiger partial charge on any atom is -0.492 e. The summed E-state index contributed by atoms with van der Waals surface area (Å²) >= 11 is 5.62. The van der Waals surface area contributed by atoms with Gasteiger partial charge in [-0.05, 0) is 17.7 Å². The number of hydrogen-bond donors (Lipinski definition) is 0. The van der Waals surface area contributed by atoms with Crippen molar-refractivity contribution in [3.05, 3.63) is 47.8 Å². The summed E-state index contributed by atoms with van der Waals surface area (Å²) in [5, 5.41) is 4.14. The van der Waals surface area contributed by atoms with Gasteiger partial charge < -0.3 is 4.74 Å². The van der Waals surface area contributed by atoms with E-state index in [9.17, 15) is 0 Å². The van der Waals surface area contributed by atoms with Crippen molar-refractivity contribution in [1.82, 2.24) is 9.78 Å². The molecule has 1 aromatic carbocycles. The predicted molar refractivity (Wildman–Crippen MR) is 81.1 cm³/mol. The van der Waals surface area contributed by atoms with Crippen LogP contribution in [0.4, 0.5) is 0 Å². The molecule has 0 radical (unpaired) electrons. The number of aromatic nitrogens is 2. The summed E-state index contributed by atoms with van der Waals surface area (Å²) < 4.78 is 7.60. The van der Waals surface area contributed by atoms with Gasteiger partial charge in [0, 0.05) is 32.0 Å². The molecule has 1 heterocycles. The average molecular weight is 289 g/mol. The van der Waals surface area contributed by atoms with Gasteiger partial charge in [0.25, 0.3) is 0 Å². The molecule has 0 aliphatic carbocycles. The zero-order valence-electron chi connectivity index (χ0n) is 11.5. The molecule has 0 atom stereocenters. The summed E-state index contributed by atoms with van der Waals surface area (Å²) in [4.78, 5) is 0. The number of aryl methyl sites for hydroxylation is 1. The molecule has 20 heavy (non-hydrogen) atoms. The lowest BCUT2D eigenvalue weighted by Crippen LogP contribution is -2.02. The van der Waals surface area contributed by atoms with Crippen LogP contribution in [-0.4, -0.2) is 22.3 Å². The van der Waals surface area contributed by atoms with E-state index in [2.05, 4.69) is 16.9 Å². The highest BCUT2D eigenvalue weighted by Gasteiger charge is 2.01. The van der Waals surface area contributed by atoms with Crippen LogP contribution in [0.3, 0.4) is 0 Å². The van der Waals surface area contributed by atoms with Crippen LogP contribution in [0.25, 0.3) is 0 Å². The maximum Gasteiger partial charge on any atom is 0.134 e. The molecule has 0 spiro atoms. The van der Waals surface area contributed by atoms with E-state index in [4.69, 9.17) is 16.3 Å². The molecule has 0 saturated heterocycles. The smallest absolute Gasteiger partial charge is 0.134 e. The second-order valence-electron chi connectivity index (χ2n) is 4.36. The van der Waals surface area contributed by atoms with Crippen LogP contribution in [0, 0.1) is 11.8 Å². The minimum atomic E-state index is 0.553. The zero-order valence-corrected chi connectivity index (χ0v) is 12.2. The summed E-state index contributed by atoms with van der Waals surface area (Å²) in [5.41, 5.74) is 2.07. The number of benzene rings is 1. The molecular formula is C16H17ClN2O. The van der Waals surface area contributed by atoms with E-state index < -0.39 is 0 Å². The van der Waals surface area contributed by atoms with E-state index in [0.717, 1.165) is 17.7 Å². The molecule has 0 amide bonds. The number of nitrogens with zero attached hydrogens (tertiary/aromatic N) is 2. The van der Waals surface area contributed by atoms with Gasteiger partial charge in [-0.2, -0.15) is 5.10 Å². The lowest BCUT2D eigenvalue weighted by Gasteiger charge is -2.07. The summed E-state index contributed by atoms with van der Waals surface area (Å²) in [7, 11) is 1.91. The first-order chi connectivity index (χ1) is 9.79. The van der Waals surface area contributed by atoms with Crippen molar-refractivity contribution in [1.29, 1.82) is 0 Å². The molecule has 2 aromatic rings. The van der Waals surface area contributed by atoms with E-state index in [0.29, 0.717) is 18.9 Å². The number of halogens is 1. The maximum absolute atomic E-state index is 5.81. The third-order valence-electron chi connectivity index (χ3n) is 2.74. The molecule has 0 aliphatic rings. The second kappa shape index (κ2) is 7.62. The van der Waals surface area contributed by atoms with Crippen molar-refractivity contribution in [2.24, 2.45) is 7.05 Å². The number of hydrogen-bond acceptors (Lipinski definition) is 2. The Balaban J connectivity index is 1.94. The van der Waals surface area contributed by atoms with E-state index in [1.54, 1.807) is 4.68 Å². The van der Waals surface area contributed by atoms with Crippen molar-refractivity contribution in [2.45, 2.75) is 12.8 Å². The van der Waals surface area contributed by atoms with Gasteiger partial charge in [-0.3, -0.25) is 4.68 Å². The zero-order chi connectivity index (χ0) is 14.2. The Kier molecular flexibility index (Phi) is 5.52. The van der Waals surface area contributed by atoms with Crippen molar-refractivity contribution in [3.63, 3.8) is 0 Å². The summed E-state index contributed by atoms with van der Waals surface area (Å²) in [5.74, 6) is 7.49. The third kappa shape index (κ3) is 4.32. The van der Waals surface area contributed by atoms with Crippen molar-refractivity contribution >= 4 is 11.6 Å². The Hall–Kier alpha value is -1.92. The SMILES string of the molecule is Cn1cc(CCOc2ccccc2C#CCCCl)cn1. The van der Waals surface area contributed by atoms with Gasteiger partial charge in [0.15, 0.2) is 0 Å². The van der Waals surface area contributed by atoms with Gasteiger partial charge in [0.1, 0.15) is 5.75 Å².